The highest BCUT2D eigenvalue weighted by molar-refractivity contribution is 5.40. The Labute approximate surface area is 88.1 Å². The summed E-state index contributed by atoms with van der Waals surface area (Å²) >= 11 is 0. The predicted octanol–water partition coefficient (Wildman–Crippen LogP) is 4.37. The molecule has 0 aliphatic heterocycles. The second kappa shape index (κ2) is 7.38. The summed E-state index contributed by atoms with van der Waals surface area (Å²) in [4.78, 5) is 0. The van der Waals surface area contributed by atoms with Crippen LogP contribution in [0, 0.1) is 11.3 Å². The van der Waals surface area contributed by atoms with Gasteiger partial charge in [0.25, 0.3) is 0 Å². The predicted molar refractivity (Wildman–Crippen MR) is 61.9 cm³/mol. The van der Waals surface area contributed by atoms with Crippen LogP contribution in [0.1, 0.15) is 53.4 Å². The van der Waals surface area contributed by atoms with Crippen LogP contribution in [0.5, 0.6) is 0 Å². The summed E-state index contributed by atoms with van der Waals surface area (Å²) in [5, 5.41) is 9.01. The van der Waals surface area contributed by atoms with E-state index in [1.54, 1.807) is 0 Å². The summed E-state index contributed by atoms with van der Waals surface area (Å²) in [5.74, 6) is 0. The van der Waals surface area contributed by atoms with Crippen molar-refractivity contribution in [1.29, 1.82) is 5.26 Å². The van der Waals surface area contributed by atoms with Crippen molar-refractivity contribution < 1.29 is 0 Å². The zero-order chi connectivity index (χ0) is 11.0. The fraction of sp³-hybridized carbons (Fsp3) is 0.615. The van der Waals surface area contributed by atoms with E-state index in [1.807, 2.05) is 6.92 Å². The highest BCUT2D eigenvalue weighted by atomic mass is 14.3. The minimum atomic E-state index is 0.848. The molecule has 1 nitrogen and oxygen atoms in total. The Hall–Kier alpha value is -1.03. The quantitative estimate of drug-likeness (QED) is 0.467. The van der Waals surface area contributed by atoms with Gasteiger partial charge in [0.15, 0.2) is 0 Å². The van der Waals surface area contributed by atoms with E-state index in [4.69, 9.17) is 5.26 Å². The molecule has 0 saturated heterocycles. The molecule has 0 aromatic carbocycles. The van der Waals surface area contributed by atoms with Crippen LogP contribution in [0.25, 0.3) is 0 Å². The van der Waals surface area contributed by atoms with Crippen LogP contribution in [0.15, 0.2) is 22.8 Å². The molecule has 0 unspecified atom stereocenters. The molecular weight excluding hydrogens is 170 g/mol. The van der Waals surface area contributed by atoms with Crippen molar-refractivity contribution in [2.24, 2.45) is 0 Å². The third-order valence-corrected chi connectivity index (χ3v) is 2.43. The first-order valence-electron chi connectivity index (χ1n) is 5.56. The van der Waals surface area contributed by atoms with Crippen molar-refractivity contribution in [3.8, 4) is 6.07 Å². The maximum Gasteiger partial charge on any atom is 0.0949 e. The van der Waals surface area contributed by atoms with Crippen molar-refractivity contribution >= 4 is 0 Å². The van der Waals surface area contributed by atoms with Crippen LogP contribution < -0.4 is 0 Å². The Balaban J connectivity index is 5.14. The van der Waals surface area contributed by atoms with Crippen molar-refractivity contribution in [3.05, 3.63) is 22.8 Å². The first-order valence-corrected chi connectivity index (χ1v) is 5.56. The number of hydrogen-bond donors (Lipinski definition) is 0. The molecule has 0 aliphatic carbocycles. The SMILES string of the molecule is CC/C=C(CC)/C(CC)=C(/C#N)CC. The molecule has 78 valence electrons. The largest absolute Gasteiger partial charge is 0.193 e. The molecule has 0 spiro atoms. The number of hydrogen-bond acceptors (Lipinski definition) is 1. The average molecular weight is 191 g/mol. The van der Waals surface area contributed by atoms with Gasteiger partial charge in [0, 0.05) is 5.57 Å². The van der Waals surface area contributed by atoms with E-state index in [9.17, 15) is 0 Å². The van der Waals surface area contributed by atoms with E-state index in [-0.39, 0.29) is 0 Å². The monoisotopic (exact) mass is 191 g/mol. The van der Waals surface area contributed by atoms with Gasteiger partial charge in [0.2, 0.25) is 0 Å². The first kappa shape index (κ1) is 13.0. The van der Waals surface area contributed by atoms with E-state index in [0.717, 1.165) is 31.3 Å². The Morgan fingerprint density at radius 1 is 1.07 bits per heavy atom. The van der Waals surface area contributed by atoms with Gasteiger partial charge in [-0.1, -0.05) is 33.8 Å². The molecule has 0 fully saturated rings. The van der Waals surface area contributed by atoms with E-state index >= 15 is 0 Å². The molecule has 0 bridgehead atoms. The van der Waals surface area contributed by atoms with Crippen LogP contribution in [-0.2, 0) is 0 Å². The van der Waals surface area contributed by atoms with Gasteiger partial charge in [0.05, 0.1) is 6.07 Å². The van der Waals surface area contributed by atoms with Crippen molar-refractivity contribution in [1.82, 2.24) is 0 Å². The summed E-state index contributed by atoms with van der Waals surface area (Å²) in [6, 6.07) is 2.31. The van der Waals surface area contributed by atoms with Gasteiger partial charge in [0.1, 0.15) is 0 Å². The van der Waals surface area contributed by atoms with Gasteiger partial charge in [-0.3, -0.25) is 0 Å². The van der Waals surface area contributed by atoms with Crippen LogP contribution in [0.4, 0.5) is 0 Å². The van der Waals surface area contributed by atoms with Crippen molar-refractivity contribution in [2.45, 2.75) is 53.4 Å². The fourth-order valence-corrected chi connectivity index (χ4v) is 1.72. The summed E-state index contributed by atoms with van der Waals surface area (Å²) in [6.45, 7) is 8.47. The Morgan fingerprint density at radius 3 is 2.00 bits per heavy atom. The molecule has 0 amide bonds. The fourth-order valence-electron chi connectivity index (χ4n) is 1.72. The molecular formula is C13H21N. The van der Waals surface area contributed by atoms with Gasteiger partial charge in [-0.15, -0.1) is 0 Å². The van der Waals surface area contributed by atoms with Gasteiger partial charge in [-0.05, 0) is 36.8 Å². The molecule has 0 aliphatic rings. The summed E-state index contributed by atoms with van der Waals surface area (Å²) in [7, 11) is 0. The maximum atomic E-state index is 9.01. The molecule has 0 radical (unpaired) electrons. The molecule has 0 saturated carbocycles. The summed E-state index contributed by atoms with van der Waals surface area (Å²) in [6.07, 6.45) is 6.14. The Morgan fingerprint density at radius 2 is 1.71 bits per heavy atom. The first-order chi connectivity index (χ1) is 6.74. The van der Waals surface area contributed by atoms with Crippen LogP contribution >= 0.6 is 0 Å². The Kier molecular flexibility index (Phi) is 6.84. The number of nitriles is 1. The highest BCUT2D eigenvalue weighted by Gasteiger charge is 2.06. The number of nitrogens with zero attached hydrogens (tertiary/aromatic N) is 1. The second-order valence-corrected chi connectivity index (χ2v) is 3.27. The van der Waals surface area contributed by atoms with Crippen LogP contribution in [0.3, 0.4) is 0 Å². The number of rotatable bonds is 5. The lowest BCUT2D eigenvalue weighted by atomic mass is 9.94. The third kappa shape index (κ3) is 3.38. The average Bonchev–Trinajstić information content (AvgIpc) is 2.23. The molecule has 0 atom stereocenters. The normalized spacial score (nSPS) is 13.5. The topological polar surface area (TPSA) is 23.8 Å². The molecule has 1 heteroatoms. The van der Waals surface area contributed by atoms with Gasteiger partial charge in [-0.25, -0.2) is 0 Å². The molecule has 14 heavy (non-hydrogen) atoms. The molecule has 0 N–H and O–H groups in total. The zero-order valence-corrected chi connectivity index (χ0v) is 9.85. The molecule has 0 aromatic heterocycles. The van der Waals surface area contributed by atoms with Crippen molar-refractivity contribution in [3.63, 3.8) is 0 Å². The van der Waals surface area contributed by atoms with Crippen LogP contribution in [0.2, 0.25) is 0 Å². The zero-order valence-electron chi connectivity index (χ0n) is 9.85. The Bertz CT molecular complexity index is 263. The van der Waals surface area contributed by atoms with E-state index < -0.39 is 0 Å². The third-order valence-electron chi connectivity index (χ3n) is 2.43. The highest BCUT2D eigenvalue weighted by Crippen LogP contribution is 2.23. The van der Waals surface area contributed by atoms with E-state index in [0.29, 0.717) is 0 Å². The van der Waals surface area contributed by atoms with Crippen molar-refractivity contribution in [2.75, 3.05) is 0 Å². The molecule has 0 aromatic rings. The van der Waals surface area contributed by atoms with Gasteiger partial charge in [-0.2, -0.15) is 5.26 Å². The minimum absolute atomic E-state index is 0.848. The van der Waals surface area contributed by atoms with E-state index in [1.165, 1.54) is 11.1 Å². The molecule has 0 heterocycles. The van der Waals surface area contributed by atoms with E-state index in [2.05, 4.69) is 32.9 Å². The van der Waals surface area contributed by atoms with Gasteiger partial charge < -0.3 is 0 Å². The minimum Gasteiger partial charge on any atom is -0.193 e. The van der Waals surface area contributed by atoms with Gasteiger partial charge >= 0.3 is 0 Å². The number of allylic oxidation sites excluding steroid dienone is 4. The lowest BCUT2D eigenvalue weighted by Gasteiger charge is -2.10. The maximum absolute atomic E-state index is 9.01. The second-order valence-electron chi connectivity index (χ2n) is 3.27. The molecule has 0 rings (SSSR count). The lowest BCUT2D eigenvalue weighted by Crippen LogP contribution is -1.93. The smallest absolute Gasteiger partial charge is 0.0949 e. The lowest BCUT2D eigenvalue weighted by molar-refractivity contribution is 0.966. The summed E-state index contributed by atoms with van der Waals surface area (Å²) < 4.78 is 0. The summed E-state index contributed by atoms with van der Waals surface area (Å²) in [5.41, 5.74) is 3.57. The van der Waals surface area contributed by atoms with Crippen LogP contribution in [-0.4, -0.2) is 0 Å². The standard InChI is InChI=1S/C13H21N/c1-5-9-11(6-2)13(8-4)12(7-3)10-14/h9H,5-8H2,1-4H3/b11-9+,13-12+.